The molecule has 3 atom stereocenters. The van der Waals surface area contributed by atoms with Crippen LogP contribution in [0.1, 0.15) is 13.3 Å². The van der Waals surface area contributed by atoms with Crippen molar-refractivity contribution in [3.63, 3.8) is 0 Å². The summed E-state index contributed by atoms with van der Waals surface area (Å²) >= 11 is 0. The lowest BCUT2D eigenvalue weighted by Gasteiger charge is -2.20. The molecule has 0 aromatic carbocycles. The molecule has 5 heteroatoms. The molecule has 1 N–H and O–H groups in total. The van der Waals surface area contributed by atoms with Crippen molar-refractivity contribution >= 4 is 11.9 Å². The van der Waals surface area contributed by atoms with Crippen LogP contribution in [0.25, 0.3) is 0 Å². The summed E-state index contributed by atoms with van der Waals surface area (Å²) in [5, 5.41) is 9.04. The van der Waals surface area contributed by atoms with Gasteiger partial charge in [0.2, 0.25) is 5.91 Å². The summed E-state index contributed by atoms with van der Waals surface area (Å²) in [5.74, 6) is -0.894. The van der Waals surface area contributed by atoms with Crippen LogP contribution < -0.4 is 0 Å². The number of amides is 1. The Morgan fingerprint density at radius 1 is 1.24 bits per heavy atom. The van der Waals surface area contributed by atoms with E-state index in [9.17, 15) is 9.59 Å². The number of hydrogen-bond acceptors (Lipinski definition) is 3. The van der Waals surface area contributed by atoms with Crippen molar-refractivity contribution in [3.05, 3.63) is 0 Å². The molecule has 17 heavy (non-hydrogen) atoms. The normalized spacial score (nSPS) is 34.2. The van der Waals surface area contributed by atoms with Crippen LogP contribution >= 0.6 is 0 Å². The smallest absolute Gasteiger partial charge is 0.308 e. The number of aliphatic carboxylic acids is 1. The number of carbonyl (C=O) groups excluding carboxylic acids is 1. The summed E-state index contributed by atoms with van der Waals surface area (Å²) in [6, 6.07) is 0. The van der Waals surface area contributed by atoms with Crippen molar-refractivity contribution in [3.8, 4) is 0 Å². The van der Waals surface area contributed by atoms with Gasteiger partial charge >= 0.3 is 5.97 Å². The van der Waals surface area contributed by atoms with Gasteiger partial charge in [0.15, 0.2) is 0 Å². The zero-order valence-electron chi connectivity index (χ0n) is 10.4. The molecule has 2 fully saturated rings. The van der Waals surface area contributed by atoms with E-state index in [1.807, 2.05) is 14.0 Å². The molecule has 2 heterocycles. The van der Waals surface area contributed by atoms with Gasteiger partial charge in [0.1, 0.15) is 0 Å². The Labute approximate surface area is 101 Å². The third kappa shape index (κ3) is 2.44. The first kappa shape index (κ1) is 12.4. The van der Waals surface area contributed by atoms with Crippen LogP contribution in [-0.2, 0) is 9.59 Å². The lowest BCUT2D eigenvalue weighted by molar-refractivity contribution is -0.142. The van der Waals surface area contributed by atoms with Crippen LogP contribution in [-0.4, -0.2) is 60.0 Å². The third-order valence-electron chi connectivity index (χ3n) is 3.98. The van der Waals surface area contributed by atoms with Crippen molar-refractivity contribution in [2.45, 2.75) is 13.3 Å². The van der Waals surface area contributed by atoms with Gasteiger partial charge in [0, 0.05) is 19.6 Å². The average Bonchev–Trinajstić information content (AvgIpc) is 2.83. The van der Waals surface area contributed by atoms with Gasteiger partial charge in [-0.1, -0.05) is 6.92 Å². The molecule has 2 aliphatic rings. The summed E-state index contributed by atoms with van der Waals surface area (Å²) < 4.78 is 0. The minimum atomic E-state index is -0.781. The maximum Gasteiger partial charge on any atom is 0.308 e. The Morgan fingerprint density at radius 3 is 2.41 bits per heavy atom. The highest BCUT2D eigenvalue weighted by Gasteiger charge is 2.39. The van der Waals surface area contributed by atoms with Crippen molar-refractivity contribution in [1.29, 1.82) is 0 Å². The topological polar surface area (TPSA) is 60.9 Å². The average molecular weight is 240 g/mol. The molecular weight excluding hydrogens is 220 g/mol. The van der Waals surface area contributed by atoms with Crippen molar-refractivity contribution in [2.75, 3.05) is 33.2 Å². The van der Waals surface area contributed by atoms with Gasteiger partial charge in [-0.05, 0) is 25.9 Å². The van der Waals surface area contributed by atoms with Crippen LogP contribution in [0.2, 0.25) is 0 Å². The summed E-state index contributed by atoms with van der Waals surface area (Å²) in [5.41, 5.74) is 0. The molecular formula is C12H20N2O3. The van der Waals surface area contributed by atoms with E-state index in [4.69, 9.17) is 5.11 Å². The maximum atomic E-state index is 12.2. The SMILES string of the molecule is C[C@@H]1CN(C(=O)C2CCN(C)C2)C[C@H]1C(=O)O. The van der Waals surface area contributed by atoms with E-state index in [1.54, 1.807) is 4.90 Å². The van der Waals surface area contributed by atoms with E-state index < -0.39 is 11.9 Å². The Hall–Kier alpha value is -1.10. The predicted molar refractivity (Wildman–Crippen MR) is 62.5 cm³/mol. The van der Waals surface area contributed by atoms with Gasteiger partial charge in [0.05, 0.1) is 11.8 Å². The number of carbonyl (C=O) groups is 2. The standard InChI is InChI=1S/C12H20N2O3/c1-8-5-14(7-10(8)12(16)17)11(15)9-3-4-13(2)6-9/h8-10H,3-7H2,1-2H3,(H,16,17)/t8-,9?,10-/m1/s1. The van der Waals surface area contributed by atoms with Gasteiger partial charge in [-0.2, -0.15) is 0 Å². The number of rotatable bonds is 2. The quantitative estimate of drug-likeness (QED) is 0.744. The van der Waals surface area contributed by atoms with Gasteiger partial charge in [-0.25, -0.2) is 0 Å². The Bertz CT molecular complexity index is 332. The Morgan fingerprint density at radius 2 is 1.94 bits per heavy atom. The Balaban J connectivity index is 1.96. The number of likely N-dealkylation sites (tertiary alicyclic amines) is 2. The zero-order chi connectivity index (χ0) is 12.6. The van der Waals surface area contributed by atoms with Crippen LogP contribution in [0.5, 0.6) is 0 Å². The molecule has 2 aliphatic heterocycles. The highest BCUT2D eigenvalue weighted by molar-refractivity contribution is 5.81. The summed E-state index contributed by atoms with van der Waals surface area (Å²) in [4.78, 5) is 27.1. The second-order valence-electron chi connectivity index (χ2n) is 5.41. The van der Waals surface area contributed by atoms with Crippen LogP contribution in [0, 0.1) is 17.8 Å². The monoisotopic (exact) mass is 240 g/mol. The van der Waals surface area contributed by atoms with Gasteiger partial charge in [-0.3, -0.25) is 9.59 Å². The van der Waals surface area contributed by atoms with Gasteiger partial charge in [-0.15, -0.1) is 0 Å². The fourth-order valence-electron chi connectivity index (χ4n) is 2.86. The molecule has 96 valence electrons. The molecule has 0 saturated carbocycles. The maximum absolute atomic E-state index is 12.2. The van der Waals surface area contributed by atoms with E-state index in [0.29, 0.717) is 13.1 Å². The molecule has 0 aromatic heterocycles. The van der Waals surface area contributed by atoms with E-state index >= 15 is 0 Å². The summed E-state index contributed by atoms with van der Waals surface area (Å²) in [7, 11) is 2.01. The van der Waals surface area contributed by atoms with Gasteiger partial charge in [0.25, 0.3) is 0 Å². The first-order chi connectivity index (χ1) is 7.99. The van der Waals surface area contributed by atoms with Crippen LogP contribution in [0.3, 0.4) is 0 Å². The highest BCUT2D eigenvalue weighted by atomic mass is 16.4. The molecule has 1 unspecified atom stereocenters. The summed E-state index contributed by atoms with van der Waals surface area (Å²) in [6.45, 7) is 4.65. The highest BCUT2D eigenvalue weighted by Crippen LogP contribution is 2.26. The van der Waals surface area contributed by atoms with Gasteiger partial charge < -0.3 is 14.9 Å². The molecule has 5 nitrogen and oxygen atoms in total. The molecule has 1 amide bonds. The van der Waals surface area contributed by atoms with Crippen molar-refractivity contribution in [2.24, 2.45) is 17.8 Å². The third-order valence-corrected chi connectivity index (χ3v) is 3.98. The molecule has 0 aliphatic carbocycles. The second-order valence-corrected chi connectivity index (χ2v) is 5.41. The van der Waals surface area contributed by atoms with E-state index in [2.05, 4.69) is 4.90 Å². The molecule has 0 radical (unpaired) electrons. The lowest BCUT2D eigenvalue weighted by Crippen LogP contribution is -2.36. The first-order valence-corrected chi connectivity index (χ1v) is 6.19. The van der Waals surface area contributed by atoms with Crippen molar-refractivity contribution < 1.29 is 14.7 Å². The Kier molecular flexibility index (Phi) is 3.38. The number of hydrogen-bond donors (Lipinski definition) is 1. The van der Waals surface area contributed by atoms with Crippen molar-refractivity contribution in [1.82, 2.24) is 9.80 Å². The van der Waals surface area contributed by atoms with E-state index in [0.717, 1.165) is 19.5 Å². The largest absolute Gasteiger partial charge is 0.481 e. The minimum absolute atomic E-state index is 0.0654. The van der Waals surface area contributed by atoms with Crippen LogP contribution in [0.15, 0.2) is 0 Å². The second kappa shape index (κ2) is 4.64. The first-order valence-electron chi connectivity index (χ1n) is 6.19. The molecule has 2 saturated heterocycles. The molecule has 0 aromatic rings. The number of nitrogens with zero attached hydrogens (tertiary/aromatic N) is 2. The molecule has 0 bridgehead atoms. The molecule has 0 spiro atoms. The fourth-order valence-corrected chi connectivity index (χ4v) is 2.86. The predicted octanol–water partition coefficient (Wildman–Crippen LogP) is 0.117. The number of carboxylic acids is 1. The molecule has 2 rings (SSSR count). The summed E-state index contributed by atoms with van der Waals surface area (Å²) in [6.07, 6.45) is 0.901. The van der Waals surface area contributed by atoms with E-state index in [1.165, 1.54) is 0 Å². The zero-order valence-corrected chi connectivity index (χ0v) is 10.4. The van der Waals surface area contributed by atoms with E-state index in [-0.39, 0.29) is 17.7 Å². The van der Waals surface area contributed by atoms with Crippen LogP contribution in [0.4, 0.5) is 0 Å². The fraction of sp³-hybridized carbons (Fsp3) is 0.833. The number of carboxylic acid groups (broad SMARTS) is 1. The minimum Gasteiger partial charge on any atom is -0.481 e. The lowest BCUT2D eigenvalue weighted by atomic mass is 9.99.